The molecule has 5 rings (SSSR count). The van der Waals surface area contributed by atoms with Crippen molar-refractivity contribution in [3.05, 3.63) is 83.2 Å². The average Bonchev–Trinajstić information content (AvgIpc) is 3.35. The van der Waals surface area contributed by atoms with Gasteiger partial charge in [-0.3, -0.25) is 9.89 Å². The van der Waals surface area contributed by atoms with E-state index in [-0.39, 0.29) is 17.8 Å². The van der Waals surface area contributed by atoms with Crippen LogP contribution in [0, 0.1) is 17.2 Å². The Labute approximate surface area is 210 Å². The Hall–Kier alpha value is -4.18. The van der Waals surface area contributed by atoms with Crippen LogP contribution in [0.15, 0.2) is 60.8 Å². The molecule has 4 aromatic rings. The van der Waals surface area contributed by atoms with Crippen molar-refractivity contribution in [1.29, 1.82) is 5.26 Å². The number of nitriles is 1. The number of pyridine rings is 1. The second-order valence-corrected chi connectivity index (χ2v) is 9.28. The minimum atomic E-state index is -0.229. The number of aryl methyl sites for hydroxylation is 1. The van der Waals surface area contributed by atoms with Gasteiger partial charge >= 0.3 is 0 Å². The van der Waals surface area contributed by atoms with Crippen molar-refractivity contribution in [2.45, 2.75) is 51.5 Å². The van der Waals surface area contributed by atoms with Gasteiger partial charge in [-0.05, 0) is 73.2 Å². The second-order valence-electron chi connectivity index (χ2n) is 9.28. The first-order valence-electron chi connectivity index (χ1n) is 12.6. The van der Waals surface area contributed by atoms with Gasteiger partial charge in [0.1, 0.15) is 11.3 Å². The van der Waals surface area contributed by atoms with Crippen molar-refractivity contribution in [2.75, 3.05) is 0 Å². The number of carbonyl (C=O) groups excluding carboxylic acids is 1. The maximum Gasteiger partial charge on any atom is 0.257 e. The number of rotatable bonds is 7. The van der Waals surface area contributed by atoms with Crippen molar-refractivity contribution in [2.24, 2.45) is 5.92 Å². The molecule has 1 amide bonds. The fraction of sp³-hybridized carbons (Fsp3) is 0.310. The van der Waals surface area contributed by atoms with E-state index in [1.807, 2.05) is 0 Å². The number of H-pyrrole nitrogens is 1. The molecule has 1 atom stereocenters. The van der Waals surface area contributed by atoms with E-state index in [4.69, 9.17) is 4.74 Å². The van der Waals surface area contributed by atoms with E-state index in [2.05, 4.69) is 51.7 Å². The van der Waals surface area contributed by atoms with Crippen LogP contribution in [0.3, 0.4) is 0 Å². The van der Waals surface area contributed by atoms with Crippen LogP contribution in [0.5, 0.6) is 11.6 Å². The van der Waals surface area contributed by atoms with Crippen LogP contribution in [-0.2, 0) is 6.42 Å². The van der Waals surface area contributed by atoms with E-state index in [1.54, 1.807) is 42.6 Å². The quantitative estimate of drug-likeness (QED) is 0.327. The summed E-state index contributed by atoms with van der Waals surface area (Å²) in [7, 11) is 0. The molecule has 182 valence electrons. The lowest BCUT2D eigenvalue weighted by molar-refractivity contribution is 0.0909. The Bertz CT molecular complexity index is 1410. The number of ether oxygens (including phenoxy) is 1. The summed E-state index contributed by atoms with van der Waals surface area (Å²) >= 11 is 0. The number of hydrogen-bond donors (Lipinski definition) is 2. The summed E-state index contributed by atoms with van der Waals surface area (Å²) in [6.45, 7) is 2.10. The van der Waals surface area contributed by atoms with Crippen LogP contribution in [-0.4, -0.2) is 21.1 Å². The molecular formula is C29H29N5O2. The van der Waals surface area contributed by atoms with Crippen LogP contribution in [0.4, 0.5) is 0 Å². The topological polar surface area (TPSA) is 104 Å². The predicted octanol–water partition coefficient (Wildman–Crippen LogP) is 6.24. The highest BCUT2D eigenvalue weighted by molar-refractivity contribution is 5.96. The Balaban J connectivity index is 1.46. The largest absolute Gasteiger partial charge is 0.438 e. The van der Waals surface area contributed by atoms with E-state index >= 15 is 0 Å². The number of carbonyl (C=O) groups is 1. The minimum Gasteiger partial charge on any atom is -0.438 e. The van der Waals surface area contributed by atoms with E-state index in [9.17, 15) is 10.1 Å². The van der Waals surface area contributed by atoms with Gasteiger partial charge in [-0.2, -0.15) is 10.4 Å². The van der Waals surface area contributed by atoms with Gasteiger partial charge < -0.3 is 10.1 Å². The SMILES string of the molecule is CCc1n[nH]c2ccc(C(NC(=O)c3cccnc3Oc3cccc(C#N)c3)C3CCCCC3)cc12. The highest BCUT2D eigenvalue weighted by Gasteiger charge is 2.28. The number of hydrogen-bond acceptors (Lipinski definition) is 5. The lowest BCUT2D eigenvalue weighted by Crippen LogP contribution is -2.34. The molecule has 1 aliphatic carbocycles. The molecule has 1 fully saturated rings. The molecule has 0 radical (unpaired) electrons. The van der Waals surface area contributed by atoms with E-state index in [0.29, 0.717) is 22.8 Å². The molecule has 2 N–H and O–H groups in total. The van der Waals surface area contributed by atoms with Gasteiger partial charge in [0, 0.05) is 11.6 Å². The zero-order valence-electron chi connectivity index (χ0n) is 20.3. The third kappa shape index (κ3) is 4.94. The molecule has 1 unspecified atom stereocenters. The smallest absolute Gasteiger partial charge is 0.257 e. The van der Waals surface area contributed by atoms with Crippen molar-refractivity contribution >= 4 is 16.8 Å². The third-order valence-corrected chi connectivity index (χ3v) is 6.96. The van der Waals surface area contributed by atoms with Gasteiger partial charge in [0.05, 0.1) is 28.9 Å². The highest BCUT2D eigenvalue weighted by atomic mass is 16.5. The maximum absolute atomic E-state index is 13.6. The lowest BCUT2D eigenvalue weighted by atomic mass is 9.80. The fourth-order valence-corrected chi connectivity index (χ4v) is 5.09. The molecule has 0 aliphatic heterocycles. The average molecular weight is 480 g/mol. The standard InChI is InChI=1S/C29H29N5O2/c1-2-25-24-17-21(13-14-26(24)34-33-25)27(20-9-4-3-5-10-20)32-28(35)23-12-7-15-31-29(23)36-22-11-6-8-19(16-22)18-30/h6-8,11-17,20,27H,2-5,9-10H2,1H3,(H,32,35)(H,33,34). The molecule has 0 saturated heterocycles. The highest BCUT2D eigenvalue weighted by Crippen LogP contribution is 2.36. The molecule has 2 heterocycles. The Kier molecular flexibility index (Phi) is 6.94. The van der Waals surface area contributed by atoms with Crippen molar-refractivity contribution < 1.29 is 9.53 Å². The van der Waals surface area contributed by atoms with E-state index < -0.39 is 0 Å². The third-order valence-electron chi connectivity index (χ3n) is 6.96. The van der Waals surface area contributed by atoms with Gasteiger partial charge in [-0.25, -0.2) is 4.98 Å². The first-order valence-corrected chi connectivity index (χ1v) is 12.6. The van der Waals surface area contributed by atoms with Crippen molar-refractivity contribution in [3.63, 3.8) is 0 Å². The molecule has 0 bridgehead atoms. The van der Waals surface area contributed by atoms with Crippen LogP contribution in [0.2, 0.25) is 0 Å². The molecule has 1 aliphatic rings. The summed E-state index contributed by atoms with van der Waals surface area (Å²) < 4.78 is 5.95. The summed E-state index contributed by atoms with van der Waals surface area (Å²) in [6, 6.07) is 18.6. The van der Waals surface area contributed by atoms with Crippen LogP contribution >= 0.6 is 0 Å². The molecule has 36 heavy (non-hydrogen) atoms. The zero-order valence-corrected chi connectivity index (χ0v) is 20.3. The van der Waals surface area contributed by atoms with Gasteiger partial charge in [0.15, 0.2) is 0 Å². The second kappa shape index (κ2) is 10.6. The van der Waals surface area contributed by atoms with Crippen LogP contribution in [0.1, 0.15) is 72.2 Å². The van der Waals surface area contributed by atoms with E-state index in [1.165, 1.54) is 19.3 Å². The van der Waals surface area contributed by atoms with Crippen LogP contribution in [0.25, 0.3) is 10.9 Å². The van der Waals surface area contributed by atoms with Crippen LogP contribution < -0.4 is 10.1 Å². The molecular weight excluding hydrogens is 450 g/mol. The Morgan fingerprint density at radius 2 is 2.03 bits per heavy atom. The zero-order chi connectivity index (χ0) is 24.9. The minimum absolute atomic E-state index is 0.128. The number of benzene rings is 2. The summed E-state index contributed by atoms with van der Waals surface area (Å²) in [4.78, 5) is 18.0. The molecule has 7 heteroatoms. The number of nitrogens with zero attached hydrogens (tertiary/aromatic N) is 3. The molecule has 2 aromatic heterocycles. The molecule has 2 aromatic carbocycles. The molecule has 1 saturated carbocycles. The number of amides is 1. The number of aromatic nitrogens is 3. The summed E-state index contributed by atoms with van der Waals surface area (Å²) in [5.41, 5.74) is 3.97. The maximum atomic E-state index is 13.6. The van der Waals surface area contributed by atoms with E-state index in [0.717, 1.165) is 41.4 Å². The Morgan fingerprint density at radius 1 is 1.17 bits per heavy atom. The first kappa shape index (κ1) is 23.6. The van der Waals surface area contributed by atoms with Crippen molar-refractivity contribution in [1.82, 2.24) is 20.5 Å². The van der Waals surface area contributed by atoms with Gasteiger partial charge in [-0.1, -0.05) is 38.3 Å². The predicted molar refractivity (Wildman–Crippen MR) is 138 cm³/mol. The number of aromatic amines is 1. The van der Waals surface area contributed by atoms with Crippen molar-refractivity contribution in [3.8, 4) is 17.7 Å². The fourth-order valence-electron chi connectivity index (χ4n) is 5.09. The summed E-state index contributed by atoms with van der Waals surface area (Å²) in [6.07, 6.45) is 8.16. The number of nitrogens with one attached hydrogen (secondary N) is 2. The van der Waals surface area contributed by atoms with Gasteiger partial charge in [0.2, 0.25) is 5.88 Å². The monoisotopic (exact) mass is 479 g/mol. The lowest BCUT2D eigenvalue weighted by Gasteiger charge is -2.31. The van der Waals surface area contributed by atoms with Gasteiger partial charge in [-0.15, -0.1) is 0 Å². The number of fused-ring (bicyclic) bond motifs is 1. The first-order chi connectivity index (χ1) is 17.7. The molecule has 7 nitrogen and oxygen atoms in total. The molecule has 0 spiro atoms. The summed E-state index contributed by atoms with van der Waals surface area (Å²) in [5.74, 6) is 0.799. The van der Waals surface area contributed by atoms with Gasteiger partial charge in [0.25, 0.3) is 5.91 Å². The normalized spacial score (nSPS) is 14.8. The Morgan fingerprint density at radius 3 is 2.83 bits per heavy atom. The summed E-state index contributed by atoms with van der Waals surface area (Å²) in [5, 5.41) is 21.2.